The van der Waals surface area contributed by atoms with E-state index in [4.69, 9.17) is 4.74 Å². The van der Waals surface area contributed by atoms with Gasteiger partial charge < -0.3 is 20.7 Å². The van der Waals surface area contributed by atoms with Crippen LogP contribution in [0.2, 0.25) is 0 Å². The Bertz CT molecular complexity index is 774. The average Bonchev–Trinajstić information content (AvgIpc) is 2.70. The van der Waals surface area contributed by atoms with Crippen molar-refractivity contribution in [2.24, 2.45) is 5.92 Å². The molecule has 0 unspecified atom stereocenters. The van der Waals surface area contributed by atoms with Crippen LogP contribution in [0.25, 0.3) is 0 Å². The zero-order valence-electron chi connectivity index (χ0n) is 14.6. The van der Waals surface area contributed by atoms with Crippen LogP contribution in [0, 0.1) is 5.92 Å². The van der Waals surface area contributed by atoms with E-state index in [1.807, 2.05) is 0 Å². The lowest BCUT2D eigenvalue weighted by atomic mass is 9.97. The molecule has 26 heavy (non-hydrogen) atoms. The van der Waals surface area contributed by atoms with Gasteiger partial charge in [0.1, 0.15) is 5.75 Å². The molecule has 1 saturated heterocycles. The molecule has 1 aromatic heterocycles. The zero-order valence-corrected chi connectivity index (χ0v) is 14.6. The molecule has 0 aliphatic carbocycles. The number of amides is 2. The molecule has 0 bridgehead atoms. The highest BCUT2D eigenvalue weighted by atomic mass is 16.5. The van der Waals surface area contributed by atoms with Gasteiger partial charge in [-0.3, -0.25) is 14.6 Å². The number of nitrogens with one attached hydrogen (secondary N) is 3. The number of rotatable bonds is 5. The van der Waals surface area contributed by atoms with Crippen LogP contribution < -0.4 is 20.7 Å². The summed E-state index contributed by atoms with van der Waals surface area (Å²) in [6.45, 7) is 1.72. The minimum Gasteiger partial charge on any atom is -0.494 e. The topological polar surface area (TPSA) is 92.4 Å². The predicted molar refractivity (Wildman–Crippen MR) is 99.4 cm³/mol. The second kappa shape index (κ2) is 8.44. The van der Waals surface area contributed by atoms with Crippen molar-refractivity contribution < 1.29 is 14.3 Å². The number of anilines is 2. The lowest BCUT2D eigenvalue weighted by molar-refractivity contribution is -0.120. The third kappa shape index (κ3) is 4.37. The van der Waals surface area contributed by atoms with E-state index in [0.29, 0.717) is 22.7 Å². The third-order valence-corrected chi connectivity index (χ3v) is 4.35. The highest BCUT2D eigenvalue weighted by Gasteiger charge is 2.21. The van der Waals surface area contributed by atoms with Gasteiger partial charge in [0.05, 0.1) is 18.4 Å². The Morgan fingerprint density at radius 1 is 1.19 bits per heavy atom. The standard InChI is InChI=1S/C19H22N4O3/c1-26-17-11-15(22-18(24)13-6-9-20-10-7-13)4-5-16(17)23-19(25)14-3-2-8-21-12-14/h2-5,8,11-13,20H,6-7,9-10H2,1H3,(H,22,24)(H,23,25). The molecule has 3 N–H and O–H groups in total. The lowest BCUT2D eigenvalue weighted by Gasteiger charge is -2.22. The number of methoxy groups -OCH3 is 1. The molecule has 2 aromatic rings. The van der Waals surface area contributed by atoms with Crippen molar-refractivity contribution in [3.63, 3.8) is 0 Å². The van der Waals surface area contributed by atoms with Crippen molar-refractivity contribution in [1.29, 1.82) is 0 Å². The predicted octanol–water partition coefficient (Wildman–Crippen LogP) is 2.28. The molecule has 7 heteroatoms. The summed E-state index contributed by atoms with van der Waals surface area (Å²) < 4.78 is 5.36. The summed E-state index contributed by atoms with van der Waals surface area (Å²) in [5.41, 5.74) is 1.63. The van der Waals surface area contributed by atoms with Crippen LogP contribution in [0.4, 0.5) is 11.4 Å². The van der Waals surface area contributed by atoms with Gasteiger partial charge >= 0.3 is 0 Å². The Balaban J connectivity index is 1.69. The normalized spacial score (nSPS) is 14.5. The van der Waals surface area contributed by atoms with E-state index in [0.717, 1.165) is 25.9 Å². The van der Waals surface area contributed by atoms with Crippen LogP contribution in [0.3, 0.4) is 0 Å². The summed E-state index contributed by atoms with van der Waals surface area (Å²) in [6.07, 6.45) is 4.77. The number of hydrogen-bond donors (Lipinski definition) is 3. The second-order valence-electron chi connectivity index (χ2n) is 6.12. The van der Waals surface area contributed by atoms with Gasteiger partial charge in [-0.25, -0.2) is 0 Å². The number of hydrogen-bond acceptors (Lipinski definition) is 5. The molecule has 7 nitrogen and oxygen atoms in total. The van der Waals surface area contributed by atoms with Crippen LogP contribution in [0.5, 0.6) is 5.75 Å². The Labute approximate surface area is 152 Å². The molecule has 1 fully saturated rings. The van der Waals surface area contributed by atoms with Gasteiger partial charge in [0.2, 0.25) is 5.91 Å². The van der Waals surface area contributed by atoms with Gasteiger partial charge in [0, 0.05) is 30.1 Å². The molecule has 1 aliphatic rings. The fourth-order valence-electron chi connectivity index (χ4n) is 2.89. The smallest absolute Gasteiger partial charge is 0.257 e. The number of pyridine rings is 1. The van der Waals surface area contributed by atoms with E-state index >= 15 is 0 Å². The Kier molecular flexibility index (Phi) is 5.80. The molecule has 2 heterocycles. The Morgan fingerprint density at radius 3 is 2.69 bits per heavy atom. The molecule has 0 spiro atoms. The van der Waals surface area contributed by atoms with Crippen molar-refractivity contribution in [1.82, 2.24) is 10.3 Å². The van der Waals surface area contributed by atoms with Gasteiger partial charge in [0.15, 0.2) is 0 Å². The molecule has 2 amide bonds. The van der Waals surface area contributed by atoms with Gasteiger partial charge in [-0.2, -0.15) is 0 Å². The highest BCUT2D eigenvalue weighted by molar-refractivity contribution is 6.05. The first kappa shape index (κ1) is 17.9. The summed E-state index contributed by atoms with van der Waals surface area (Å²) in [6, 6.07) is 8.55. The maximum absolute atomic E-state index is 12.4. The van der Waals surface area contributed by atoms with Crippen molar-refractivity contribution >= 4 is 23.2 Å². The van der Waals surface area contributed by atoms with Crippen LogP contribution in [-0.4, -0.2) is 37.0 Å². The molecule has 1 aliphatic heterocycles. The minimum atomic E-state index is -0.275. The number of aromatic nitrogens is 1. The SMILES string of the molecule is COc1cc(NC(=O)C2CCNCC2)ccc1NC(=O)c1cccnc1. The molecular formula is C19H22N4O3. The number of carbonyl (C=O) groups is 2. The average molecular weight is 354 g/mol. The molecule has 3 rings (SSSR count). The van der Waals surface area contributed by atoms with Crippen LogP contribution >= 0.6 is 0 Å². The zero-order chi connectivity index (χ0) is 18.4. The minimum absolute atomic E-state index is 0.0145. The van der Waals surface area contributed by atoms with Crippen molar-refractivity contribution in [3.05, 3.63) is 48.3 Å². The fourth-order valence-corrected chi connectivity index (χ4v) is 2.89. The largest absolute Gasteiger partial charge is 0.494 e. The van der Waals surface area contributed by atoms with E-state index in [2.05, 4.69) is 20.9 Å². The van der Waals surface area contributed by atoms with Gasteiger partial charge in [-0.05, 0) is 50.2 Å². The van der Waals surface area contributed by atoms with Crippen molar-refractivity contribution in [2.45, 2.75) is 12.8 Å². The quantitative estimate of drug-likeness (QED) is 0.766. The Morgan fingerprint density at radius 2 is 2.00 bits per heavy atom. The molecular weight excluding hydrogens is 332 g/mol. The van der Waals surface area contributed by atoms with E-state index in [9.17, 15) is 9.59 Å². The number of carbonyl (C=O) groups excluding carboxylic acids is 2. The third-order valence-electron chi connectivity index (χ3n) is 4.35. The van der Waals surface area contributed by atoms with E-state index < -0.39 is 0 Å². The first-order valence-electron chi connectivity index (χ1n) is 8.58. The lowest BCUT2D eigenvalue weighted by Crippen LogP contribution is -2.34. The van der Waals surface area contributed by atoms with E-state index in [-0.39, 0.29) is 17.7 Å². The van der Waals surface area contributed by atoms with Gasteiger partial charge in [-0.1, -0.05) is 0 Å². The van der Waals surface area contributed by atoms with Crippen LogP contribution in [-0.2, 0) is 4.79 Å². The monoisotopic (exact) mass is 354 g/mol. The first-order valence-corrected chi connectivity index (χ1v) is 8.58. The second-order valence-corrected chi connectivity index (χ2v) is 6.12. The molecule has 0 atom stereocenters. The summed E-state index contributed by atoms with van der Waals surface area (Å²) in [5.74, 6) is 0.237. The maximum atomic E-state index is 12.4. The number of benzene rings is 1. The van der Waals surface area contributed by atoms with Gasteiger partial charge in [0.25, 0.3) is 5.91 Å². The molecule has 0 saturated carbocycles. The Hall–Kier alpha value is -2.93. The molecule has 136 valence electrons. The van der Waals surface area contributed by atoms with Crippen LogP contribution in [0.1, 0.15) is 23.2 Å². The molecule has 1 aromatic carbocycles. The molecule has 0 radical (unpaired) electrons. The summed E-state index contributed by atoms with van der Waals surface area (Å²) >= 11 is 0. The number of piperidine rings is 1. The van der Waals surface area contributed by atoms with Crippen molar-refractivity contribution in [3.8, 4) is 5.75 Å². The van der Waals surface area contributed by atoms with E-state index in [1.54, 1.807) is 36.5 Å². The highest BCUT2D eigenvalue weighted by Crippen LogP contribution is 2.29. The van der Waals surface area contributed by atoms with E-state index in [1.165, 1.54) is 13.3 Å². The first-order chi connectivity index (χ1) is 12.7. The fraction of sp³-hybridized carbons (Fsp3) is 0.316. The number of nitrogens with zero attached hydrogens (tertiary/aromatic N) is 1. The van der Waals surface area contributed by atoms with Crippen molar-refractivity contribution in [2.75, 3.05) is 30.8 Å². The number of ether oxygens (including phenoxy) is 1. The summed E-state index contributed by atoms with van der Waals surface area (Å²) in [7, 11) is 1.52. The maximum Gasteiger partial charge on any atom is 0.257 e. The summed E-state index contributed by atoms with van der Waals surface area (Å²) in [4.78, 5) is 28.6. The van der Waals surface area contributed by atoms with Gasteiger partial charge in [-0.15, -0.1) is 0 Å². The summed E-state index contributed by atoms with van der Waals surface area (Å²) in [5, 5.41) is 8.97. The van der Waals surface area contributed by atoms with Crippen LogP contribution in [0.15, 0.2) is 42.7 Å².